The number of hydrogen-bond donors (Lipinski definition) is 0. The molecule has 0 aromatic heterocycles. The molecule has 0 unspecified atom stereocenters. The monoisotopic (exact) mass is 156 g/mol. The lowest BCUT2D eigenvalue weighted by atomic mass is 9.92. The molecule has 0 saturated carbocycles. The number of allylic oxidation sites excluding steroid dienone is 1. The van der Waals surface area contributed by atoms with E-state index < -0.39 is 0 Å². The minimum atomic E-state index is 0.405. The fraction of sp³-hybridized carbons (Fsp3) is 0.800. The van der Waals surface area contributed by atoms with E-state index in [1.165, 1.54) is 0 Å². The van der Waals surface area contributed by atoms with E-state index in [1.54, 1.807) is 0 Å². The van der Waals surface area contributed by atoms with Crippen LogP contribution in [-0.4, -0.2) is 13.2 Å². The van der Waals surface area contributed by atoms with Gasteiger partial charge in [0.05, 0.1) is 6.61 Å². The Balaban J connectivity index is 3.30. The van der Waals surface area contributed by atoms with Crippen molar-refractivity contribution >= 4 is 0 Å². The Morgan fingerprint density at radius 3 is 2.27 bits per heavy atom. The van der Waals surface area contributed by atoms with Gasteiger partial charge in [-0.25, -0.2) is 0 Å². The predicted octanol–water partition coefficient (Wildman–Crippen LogP) is 3.02. The zero-order valence-corrected chi connectivity index (χ0v) is 8.18. The summed E-state index contributed by atoms with van der Waals surface area (Å²) in [6.07, 6.45) is 5.41. The molecule has 0 fully saturated rings. The van der Waals surface area contributed by atoms with Crippen LogP contribution in [0.4, 0.5) is 0 Å². The summed E-state index contributed by atoms with van der Waals surface area (Å²) in [5.74, 6) is 0. The number of hydrogen-bond acceptors (Lipinski definition) is 1. The van der Waals surface area contributed by atoms with Crippen LogP contribution < -0.4 is 0 Å². The lowest BCUT2D eigenvalue weighted by Gasteiger charge is -2.14. The van der Waals surface area contributed by atoms with E-state index in [1.807, 2.05) is 6.92 Å². The molecule has 0 atom stereocenters. The molecule has 0 spiro atoms. The molecule has 0 saturated heterocycles. The summed E-state index contributed by atoms with van der Waals surface area (Å²) in [7, 11) is 0. The van der Waals surface area contributed by atoms with Gasteiger partial charge in [0.1, 0.15) is 0 Å². The molecule has 0 N–H and O–H groups in total. The second-order valence-corrected chi connectivity index (χ2v) is 3.90. The van der Waals surface area contributed by atoms with Crippen LogP contribution in [0.2, 0.25) is 0 Å². The summed E-state index contributed by atoms with van der Waals surface area (Å²) in [6.45, 7) is 10.3. The molecular formula is C10H20O. The highest BCUT2D eigenvalue weighted by Crippen LogP contribution is 2.18. The van der Waals surface area contributed by atoms with Gasteiger partial charge in [-0.05, 0) is 18.8 Å². The maximum Gasteiger partial charge on any atom is 0.0647 e. The number of ether oxygens (including phenoxy) is 1. The lowest BCUT2D eigenvalue weighted by molar-refractivity contribution is 0.177. The van der Waals surface area contributed by atoms with Gasteiger partial charge in [-0.1, -0.05) is 32.9 Å². The fourth-order valence-corrected chi connectivity index (χ4v) is 0.691. The Bertz CT molecular complexity index is 109. The van der Waals surface area contributed by atoms with Gasteiger partial charge >= 0.3 is 0 Å². The van der Waals surface area contributed by atoms with Crippen molar-refractivity contribution in [1.29, 1.82) is 0 Å². The molecule has 0 radical (unpaired) electrons. The first kappa shape index (κ1) is 10.7. The van der Waals surface area contributed by atoms with Gasteiger partial charge in [0.25, 0.3) is 0 Å². The minimum absolute atomic E-state index is 0.405. The lowest BCUT2D eigenvalue weighted by Crippen LogP contribution is -2.02. The number of rotatable bonds is 4. The van der Waals surface area contributed by atoms with Crippen LogP contribution in [0.25, 0.3) is 0 Å². The van der Waals surface area contributed by atoms with Gasteiger partial charge in [-0.2, -0.15) is 0 Å². The summed E-state index contributed by atoms with van der Waals surface area (Å²) in [6, 6.07) is 0. The van der Waals surface area contributed by atoms with E-state index in [0.717, 1.165) is 19.6 Å². The average Bonchev–Trinajstić information content (AvgIpc) is 1.85. The van der Waals surface area contributed by atoms with Crippen LogP contribution in [0.1, 0.15) is 34.1 Å². The largest absolute Gasteiger partial charge is 0.378 e. The van der Waals surface area contributed by atoms with Gasteiger partial charge < -0.3 is 4.74 Å². The summed E-state index contributed by atoms with van der Waals surface area (Å²) < 4.78 is 5.16. The van der Waals surface area contributed by atoms with Crippen LogP contribution in [0.3, 0.4) is 0 Å². The zero-order chi connectivity index (χ0) is 8.74. The second-order valence-electron chi connectivity index (χ2n) is 3.90. The van der Waals surface area contributed by atoms with Crippen molar-refractivity contribution < 1.29 is 4.74 Å². The van der Waals surface area contributed by atoms with Crippen molar-refractivity contribution in [3.8, 4) is 0 Å². The summed E-state index contributed by atoms with van der Waals surface area (Å²) in [4.78, 5) is 0. The molecule has 0 aliphatic carbocycles. The van der Waals surface area contributed by atoms with Crippen LogP contribution >= 0.6 is 0 Å². The first-order valence-corrected chi connectivity index (χ1v) is 4.29. The van der Waals surface area contributed by atoms with Gasteiger partial charge in [-0.15, -0.1) is 0 Å². The van der Waals surface area contributed by atoms with E-state index in [0.29, 0.717) is 5.41 Å². The molecule has 0 rings (SSSR count). The molecule has 0 heterocycles. The highest BCUT2D eigenvalue weighted by atomic mass is 16.5. The fourth-order valence-electron chi connectivity index (χ4n) is 0.691. The highest BCUT2D eigenvalue weighted by Gasteiger charge is 2.05. The molecule has 1 nitrogen and oxygen atoms in total. The van der Waals surface area contributed by atoms with Crippen LogP contribution in [0.15, 0.2) is 12.2 Å². The van der Waals surface area contributed by atoms with Crippen molar-refractivity contribution in [2.45, 2.75) is 34.1 Å². The third-order valence-corrected chi connectivity index (χ3v) is 1.32. The molecule has 0 aliphatic heterocycles. The Morgan fingerprint density at radius 1 is 1.18 bits per heavy atom. The Kier molecular flexibility index (Phi) is 5.22. The van der Waals surface area contributed by atoms with Crippen molar-refractivity contribution in [2.24, 2.45) is 5.41 Å². The first-order chi connectivity index (χ1) is 5.06. The van der Waals surface area contributed by atoms with Gasteiger partial charge in [-0.3, -0.25) is 0 Å². The van der Waals surface area contributed by atoms with Gasteiger partial charge in [0.2, 0.25) is 0 Å². The molecule has 0 aliphatic rings. The molecule has 0 aromatic carbocycles. The highest BCUT2D eigenvalue weighted by molar-refractivity contribution is 4.85. The maximum absolute atomic E-state index is 5.16. The molecule has 11 heavy (non-hydrogen) atoms. The minimum Gasteiger partial charge on any atom is -0.378 e. The van der Waals surface area contributed by atoms with Crippen LogP contribution in [0.5, 0.6) is 0 Å². The van der Waals surface area contributed by atoms with Crippen molar-refractivity contribution in [1.82, 2.24) is 0 Å². The van der Waals surface area contributed by atoms with E-state index >= 15 is 0 Å². The quantitative estimate of drug-likeness (QED) is 0.449. The Hall–Kier alpha value is -0.300. The Labute approximate surface area is 70.4 Å². The molecule has 0 aromatic rings. The maximum atomic E-state index is 5.16. The molecule has 0 bridgehead atoms. The molecular weight excluding hydrogens is 136 g/mol. The van der Waals surface area contributed by atoms with Crippen molar-refractivity contribution in [3.05, 3.63) is 12.2 Å². The summed E-state index contributed by atoms with van der Waals surface area (Å²) in [5.41, 5.74) is 0.405. The van der Waals surface area contributed by atoms with E-state index in [2.05, 4.69) is 32.9 Å². The van der Waals surface area contributed by atoms with E-state index in [9.17, 15) is 0 Å². The Morgan fingerprint density at radius 2 is 1.82 bits per heavy atom. The molecule has 66 valence electrons. The predicted molar refractivity (Wildman–Crippen MR) is 49.7 cm³/mol. The smallest absolute Gasteiger partial charge is 0.0647 e. The van der Waals surface area contributed by atoms with Crippen molar-refractivity contribution in [3.63, 3.8) is 0 Å². The summed E-state index contributed by atoms with van der Waals surface area (Å²) in [5, 5.41) is 0. The average molecular weight is 156 g/mol. The van der Waals surface area contributed by atoms with Gasteiger partial charge in [0.15, 0.2) is 0 Å². The van der Waals surface area contributed by atoms with Crippen LogP contribution in [0, 0.1) is 5.41 Å². The third kappa shape index (κ3) is 9.70. The topological polar surface area (TPSA) is 9.23 Å². The van der Waals surface area contributed by atoms with E-state index in [-0.39, 0.29) is 0 Å². The zero-order valence-electron chi connectivity index (χ0n) is 8.18. The third-order valence-electron chi connectivity index (χ3n) is 1.32. The summed E-state index contributed by atoms with van der Waals surface area (Å²) >= 11 is 0. The SMILES string of the molecule is CCOC/C=C/CC(C)(C)C. The normalized spacial score (nSPS) is 12.7. The van der Waals surface area contributed by atoms with Crippen LogP contribution in [-0.2, 0) is 4.74 Å². The standard InChI is InChI=1S/C10H20O/c1-5-11-9-7-6-8-10(2,3)4/h6-7H,5,8-9H2,1-4H3/b7-6+. The van der Waals surface area contributed by atoms with Crippen molar-refractivity contribution in [2.75, 3.05) is 13.2 Å². The molecule has 1 heteroatoms. The first-order valence-electron chi connectivity index (χ1n) is 4.29. The van der Waals surface area contributed by atoms with Gasteiger partial charge in [0, 0.05) is 6.61 Å². The second kappa shape index (κ2) is 5.36. The molecule has 0 amide bonds. The van der Waals surface area contributed by atoms with E-state index in [4.69, 9.17) is 4.74 Å².